The van der Waals surface area contributed by atoms with Gasteiger partial charge in [0.05, 0.1) is 12.1 Å². The molecule has 4 heteroatoms. The van der Waals surface area contributed by atoms with Crippen LogP contribution in [0.5, 0.6) is 0 Å². The van der Waals surface area contributed by atoms with Gasteiger partial charge in [-0.05, 0) is 46.3 Å². The van der Waals surface area contributed by atoms with Crippen LogP contribution >= 0.6 is 27.3 Å². The highest BCUT2D eigenvalue weighted by Crippen LogP contribution is 2.37. The first-order valence-corrected chi connectivity index (χ1v) is 7.49. The molecule has 2 rings (SSSR count). The van der Waals surface area contributed by atoms with Crippen molar-refractivity contribution in [1.29, 1.82) is 0 Å². The molecule has 2 heterocycles. The van der Waals surface area contributed by atoms with Crippen LogP contribution in [0, 0.1) is 5.92 Å². The van der Waals surface area contributed by atoms with Crippen LogP contribution in [0.2, 0.25) is 0 Å². The van der Waals surface area contributed by atoms with Crippen molar-refractivity contribution >= 4 is 27.3 Å². The molecule has 0 radical (unpaired) electrons. The molecular formula is C12H18BrNOS. The van der Waals surface area contributed by atoms with E-state index in [0.717, 1.165) is 13.2 Å². The number of nitrogens with one attached hydrogen (secondary N) is 1. The second kappa shape index (κ2) is 5.63. The van der Waals surface area contributed by atoms with Crippen LogP contribution in [0.1, 0.15) is 31.2 Å². The van der Waals surface area contributed by atoms with Crippen LogP contribution in [0.15, 0.2) is 15.9 Å². The Bertz CT molecular complexity index is 342. The van der Waals surface area contributed by atoms with Crippen molar-refractivity contribution in [3.05, 3.63) is 20.8 Å². The van der Waals surface area contributed by atoms with Gasteiger partial charge in [0.1, 0.15) is 0 Å². The molecule has 1 aromatic heterocycles. The first kappa shape index (κ1) is 12.6. The lowest BCUT2D eigenvalue weighted by atomic mass is 9.96. The van der Waals surface area contributed by atoms with Gasteiger partial charge in [-0.1, -0.05) is 13.8 Å². The van der Waals surface area contributed by atoms with Gasteiger partial charge in [0.2, 0.25) is 0 Å². The average molecular weight is 304 g/mol. The van der Waals surface area contributed by atoms with Crippen LogP contribution in [-0.4, -0.2) is 19.3 Å². The van der Waals surface area contributed by atoms with E-state index in [1.807, 2.05) is 0 Å². The fourth-order valence-electron chi connectivity index (χ4n) is 2.25. The van der Waals surface area contributed by atoms with E-state index in [-0.39, 0.29) is 0 Å². The van der Waals surface area contributed by atoms with Gasteiger partial charge in [0.25, 0.3) is 0 Å². The highest BCUT2D eigenvalue weighted by atomic mass is 79.9. The predicted molar refractivity (Wildman–Crippen MR) is 72.0 cm³/mol. The third kappa shape index (κ3) is 2.50. The van der Waals surface area contributed by atoms with E-state index in [4.69, 9.17) is 4.74 Å². The Morgan fingerprint density at radius 1 is 1.69 bits per heavy atom. The number of halogens is 1. The highest BCUT2D eigenvalue weighted by molar-refractivity contribution is 9.10. The number of hydrogen-bond donors (Lipinski definition) is 1. The molecule has 1 aliphatic heterocycles. The molecule has 16 heavy (non-hydrogen) atoms. The van der Waals surface area contributed by atoms with Crippen molar-refractivity contribution in [2.75, 3.05) is 13.2 Å². The molecule has 0 amide bonds. The number of likely N-dealkylation sites (N-methyl/N-ethyl adjacent to an activating group) is 1. The number of hydrogen-bond acceptors (Lipinski definition) is 3. The maximum absolute atomic E-state index is 5.88. The Hall–Kier alpha value is 0.1000. The number of ether oxygens (including phenoxy) is 1. The van der Waals surface area contributed by atoms with Crippen LogP contribution in [-0.2, 0) is 4.74 Å². The first-order chi connectivity index (χ1) is 7.74. The Morgan fingerprint density at radius 2 is 2.50 bits per heavy atom. The van der Waals surface area contributed by atoms with Gasteiger partial charge < -0.3 is 10.1 Å². The molecule has 3 unspecified atom stereocenters. The first-order valence-electron chi connectivity index (χ1n) is 5.82. The molecular weight excluding hydrogens is 286 g/mol. The Morgan fingerprint density at radius 3 is 3.00 bits per heavy atom. The summed E-state index contributed by atoms with van der Waals surface area (Å²) in [6.45, 7) is 6.30. The van der Waals surface area contributed by atoms with Gasteiger partial charge in [-0.15, -0.1) is 11.3 Å². The molecule has 0 spiro atoms. The minimum Gasteiger partial charge on any atom is -0.376 e. The van der Waals surface area contributed by atoms with Gasteiger partial charge in [0, 0.05) is 16.0 Å². The van der Waals surface area contributed by atoms with E-state index in [0.29, 0.717) is 18.1 Å². The molecule has 0 aliphatic carbocycles. The Kier molecular flexibility index (Phi) is 4.41. The summed E-state index contributed by atoms with van der Waals surface area (Å²) in [6.07, 6.45) is 1.49. The lowest BCUT2D eigenvalue weighted by molar-refractivity contribution is 0.0621. The van der Waals surface area contributed by atoms with Crippen molar-refractivity contribution in [3.63, 3.8) is 0 Å². The highest BCUT2D eigenvalue weighted by Gasteiger charge is 2.34. The van der Waals surface area contributed by atoms with Crippen molar-refractivity contribution < 1.29 is 4.74 Å². The lowest BCUT2D eigenvalue weighted by Gasteiger charge is -2.26. The molecule has 90 valence electrons. The fraction of sp³-hybridized carbons (Fsp3) is 0.667. The topological polar surface area (TPSA) is 21.3 Å². The average Bonchev–Trinajstić information content (AvgIpc) is 2.84. The third-order valence-electron chi connectivity index (χ3n) is 3.12. The maximum Gasteiger partial charge on any atom is 0.0804 e. The number of thiophene rings is 1. The molecule has 1 N–H and O–H groups in total. The van der Waals surface area contributed by atoms with E-state index in [1.165, 1.54) is 15.8 Å². The quantitative estimate of drug-likeness (QED) is 0.918. The van der Waals surface area contributed by atoms with E-state index in [9.17, 15) is 0 Å². The molecule has 3 atom stereocenters. The van der Waals surface area contributed by atoms with Gasteiger partial charge in [-0.3, -0.25) is 0 Å². The zero-order valence-corrected chi connectivity index (χ0v) is 12.1. The Labute approximate surface area is 110 Å². The van der Waals surface area contributed by atoms with Crippen molar-refractivity contribution in [1.82, 2.24) is 5.32 Å². The SMILES string of the molecule is CCNC(c1sccc1Br)C1OCCC1C. The minimum atomic E-state index is 0.315. The van der Waals surface area contributed by atoms with Gasteiger partial charge >= 0.3 is 0 Å². The summed E-state index contributed by atoms with van der Waals surface area (Å²) in [5.41, 5.74) is 0. The number of rotatable bonds is 4. The van der Waals surface area contributed by atoms with E-state index >= 15 is 0 Å². The Balaban J connectivity index is 2.20. The van der Waals surface area contributed by atoms with Crippen molar-refractivity contribution in [2.24, 2.45) is 5.92 Å². The van der Waals surface area contributed by atoms with E-state index in [1.54, 1.807) is 11.3 Å². The molecule has 2 nitrogen and oxygen atoms in total. The molecule has 1 fully saturated rings. The second-order valence-electron chi connectivity index (χ2n) is 4.27. The molecule has 1 saturated heterocycles. The second-order valence-corrected chi connectivity index (χ2v) is 6.07. The normalized spacial score (nSPS) is 27.2. The van der Waals surface area contributed by atoms with Crippen molar-refractivity contribution in [3.8, 4) is 0 Å². The van der Waals surface area contributed by atoms with Crippen LogP contribution in [0.3, 0.4) is 0 Å². The van der Waals surface area contributed by atoms with Crippen LogP contribution < -0.4 is 5.32 Å². The molecule has 1 aliphatic rings. The molecule has 0 saturated carbocycles. The monoisotopic (exact) mass is 303 g/mol. The van der Waals surface area contributed by atoms with E-state index in [2.05, 4.69) is 46.5 Å². The van der Waals surface area contributed by atoms with Gasteiger partial charge in [-0.25, -0.2) is 0 Å². The largest absolute Gasteiger partial charge is 0.376 e. The zero-order valence-electron chi connectivity index (χ0n) is 9.70. The summed E-state index contributed by atoms with van der Waals surface area (Å²) in [7, 11) is 0. The van der Waals surface area contributed by atoms with Crippen LogP contribution in [0.4, 0.5) is 0 Å². The summed E-state index contributed by atoms with van der Waals surface area (Å²) in [5, 5.41) is 5.68. The summed E-state index contributed by atoms with van der Waals surface area (Å²) in [5.74, 6) is 0.637. The third-order valence-corrected chi connectivity index (χ3v) is 5.08. The summed E-state index contributed by atoms with van der Waals surface area (Å²) >= 11 is 5.42. The van der Waals surface area contributed by atoms with Gasteiger partial charge in [-0.2, -0.15) is 0 Å². The van der Waals surface area contributed by atoms with E-state index < -0.39 is 0 Å². The molecule has 1 aromatic rings. The van der Waals surface area contributed by atoms with Crippen LogP contribution in [0.25, 0.3) is 0 Å². The van der Waals surface area contributed by atoms with Gasteiger partial charge in [0.15, 0.2) is 0 Å². The molecule has 0 aromatic carbocycles. The zero-order chi connectivity index (χ0) is 11.5. The fourth-order valence-corrected chi connectivity index (χ4v) is 3.98. The lowest BCUT2D eigenvalue weighted by Crippen LogP contribution is -2.34. The predicted octanol–water partition coefficient (Wildman–Crippen LogP) is 3.59. The maximum atomic E-state index is 5.88. The summed E-state index contributed by atoms with van der Waals surface area (Å²) in [6, 6.07) is 2.45. The smallest absolute Gasteiger partial charge is 0.0804 e. The summed E-state index contributed by atoms with van der Waals surface area (Å²) < 4.78 is 7.08. The summed E-state index contributed by atoms with van der Waals surface area (Å²) in [4.78, 5) is 1.36. The molecule has 0 bridgehead atoms. The van der Waals surface area contributed by atoms with Crippen molar-refractivity contribution in [2.45, 2.75) is 32.4 Å². The minimum absolute atomic E-state index is 0.315. The standard InChI is InChI=1S/C12H18BrNOS/c1-3-14-10(11-8(2)4-6-15-11)12-9(13)5-7-16-12/h5,7-8,10-11,14H,3-4,6H2,1-2H3.